The number of amides is 1. The van der Waals surface area contributed by atoms with Crippen molar-refractivity contribution in [3.8, 4) is 0 Å². The van der Waals surface area contributed by atoms with Crippen LogP contribution in [0.4, 0.5) is 9.18 Å². The third-order valence-electron chi connectivity index (χ3n) is 6.71. The number of carbonyl (C=O) groups excluding carboxylic acids is 1. The zero-order valence-corrected chi connectivity index (χ0v) is 24.1. The molecule has 2 aromatic heterocycles. The Morgan fingerprint density at radius 2 is 1.97 bits per heavy atom. The van der Waals surface area contributed by atoms with Crippen LogP contribution in [0.5, 0.6) is 0 Å². The van der Waals surface area contributed by atoms with Gasteiger partial charge >= 0.3 is 6.09 Å². The van der Waals surface area contributed by atoms with E-state index in [1.807, 2.05) is 58.8 Å². The van der Waals surface area contributed by atoms with E-state index in [1.54, 1.807) is 0 Å². The molecule has 4 heterocycles. The molecule has 6 nitrogen and oxygen atoms in total. The van der Waals surface area contributed by atoms with Gasteiger partial charge in [0.1, 0.15) is 27.5 Å². The van der Waals surface area contributed by atoms with E-state index >= 15 is 4.39 Å². The van der Waals surface area contributed by atoms with E-state index in [-0.39, 0.29) is 24.0 Å². The van der Waals surface area contributed by atoms with Gasteiger partial charge in [-0.15, -0.1) is 11.8 Å². The molecule has 3 unspecified atom stereocenters. The van der Waals surface area contributed by atoms with E-state index in [0.717, 1.165) is 45.7 Å². The van der Waals surface area contributed by atoms with Crippen LogP contribution in [0, 0.1) is 18.7 Å². The maximum Gasteiger partial charge on any atom is 0.410 e. The Hall–Kier alpha value is -1.87. The van der Waals surface area contributed by atoms with Crippen LogP contribution < -0.4 is 0 Å². The van der Waals surface area contributed by atoms with Crippen molar-refractivity contribution in [2.75, 3.05) is 12.8 Å². The van der Waals surface area contributed by atoms with Gasteiger partial charge in [0, 0.05) is 24.3 Å². The number of imidazole rings is 1. The highest BCUT2D eigenvalue weighted by Crippen LogP contribution is 2.52. The zero-order chi connectivity index (χ0) is 25.8. The number of fused-ring (bicyclic) bond motifs is 4. The number of nitrogens with zero attached hydrogens (tertiary/aromatic N) is 4. The molecular formula is C26H34BrFN4O2S. The standard InChI is InChI=1S/C24H28BrFN4O2S.C2H6/c1-7-15-27-19-21(13-8-11(2)16(25)17(26)18(13)28-22(19)33-6)30(15)20-12-9-14(20)29(10-12)23(31)32-24(3,4)5;1-2/h8,12,14,20H,7,9-10H2,1-6H3;1-2H3. The molecule has 0 spiro atoms. The molecule has 0 N–H and O–H groups in total. The summed E-state index contributed by atoms with van der Waals surface area (Å²) < 4.78 is 23.7. The summed E-state index contributed by atoms with van der Waals surface area (Å²) in [7, 11) is 0. The van der Waals surface area contributed by atoms with Gasteiger partial charge < -0.3 is 14.2 Å². The van der Waals surface area contributed by atoms with Crippen molar-refractivity contribution in [2.24, 2.45) is 5.92 Å². The van der Waals surface area contributed by atoms with Gasteiger partial charge in [-0.3, -0.25) is 0 Å². The first-order chi connectivity index (χ1) is 16.6. The van der Waals surface area contributed by atoms with E-state index < -0.39 is 5.60 Å². The summed E-state index contributed by atoms with van der Waals surface area (Å²) in [4.78, 5) is 24.4. The number of aromatic nitrogens is 3. The molecule has 2 saturated heterocycles. The van der Waals surface area contributed by atoms with Gasteiger partial charge in [0.15, 0.2) is 5.82 Å². The Balaban J connectivity index is 0.00000141. The zero-order valence-electron chi connectivity index (χ0n) is 21.7. The summed E-state index contributed by atoms with van der Waals surface area (Å²) in [5.41, 5.74) is 2.36. The van der Waals surface area contributed by atoms with Crippen molar-refractivity contribution in [2.45, 2.75) is 84.0 Å². The number of benzene rings is 1. The lowest BCUT2D eigenvalue weighted by molar-refractivity contribution is 0.0209. The van der Waals surface area contributed by atoms with Gasteiger partial charge in [-0.1, -0.05) is 20.8 Å². The topological polar surface area (TPSA) is 60.2 Å². The molecule has 0 radical (unpaired) electrons. The smallest absolute Gasteiger partial charge is 0.410 e. The molecule has 3 aromatic rings. The Morgan fingerprint density at radius 1 is 1.29 bits per heavy atom. The van der Waals surface area contributed by atoms with E-state index in [9.17, 15) is 4.79 Å². The van der Waals surface area contributed by atoms with Crippen LogP contribution in [-0.2, 0) is 11.2 Å². The maximum absolute atomic E-state index is 15.3. The van der Waals surface area contributed by atoms with E-state index in [4.69, 9.17) is 9.72 Å². The summed E-state index contributed by atoms with van der Waals surface area (Å²) in [6.07, 6.45) is 3.37. The Morgan fingerprint density at radius 3 is 2.57 bits per heavy atom. The monoisotopic (exact) mass is 564 g/mol. The second-order valence-corrected chi connectivity index (χ2v) is 11.6. The molecule has 3 fully saturated rings. The fourth-order valence-corrected chi connectivity index (χ4v) is 6.11. The van der Waals surface area contributed by atoms with Crippen molar-refractivity contribution in [3.05, 3.63) is 27.7 Å². The Kier molecular flexibility index (Phi) is 7.14. The number of hydrogen-bond donors (Lipinski definition) is 0. The molecule has 1 saturated carbocycles. The largest absolute Gasteiger partial charge is 0.444 e. The van der Waals surface area contributed by atoms with Crippen LogP contribution in [0.2, 0.25) is 0 Å². The molecule has 1 amide bonds. The first-order valence-electron chi connectivity index (χ1n) is 12.3. The quantitative estimate of drug-likeness (QED) is 0.312. The third-order valence-corrected chi connectivity index (χ3v) is 8.35. The fourth-order valence-electron chi connectivity index (χ4n) is 5.29. The predicted octanol–water partition coefficient (Wildman–Crippen LogP) is 7.29. The molecule has 1 aromatic carbocycles. The van der Waals surface area contributed by atoms with E-state index in [1.165, 1.54) is 11.8 Å². The Bertz CT molecular complexity index is 1300. The highest BCUT2D eigenvalue weighted by molar-refractivity contribution is 9.10. The third kappa shape index (κ3) is 4.22. The van der Waals surface area contributed by atoms with Crippen LogP contribution in [0.15, 0.2) is 15.6 Å². The average Bonchev–Trinajstić information content (AvgIpc) is 3.50. The Labute approximate surface area is 219 Å². The fraction of sp³-hybridized carbons (Fsp3) is 0.577. The normalized spacial score (nSPS) is 21.2. The van der Waals surface area contributed by atoms with Crippen molar-refractivity contribution < 1.29 is 13.9 Å². The summed E-state index contributed by atoms with van der Waals surface area (Å²) in [5.74, 6) is 0.925. The van der Waals surface area contributed by atoms with Crippen molar-refractivity contribution in [1.29, 1.82) is 0 Å². The van der Waals surface area contributed by atoms with Gasteiger partial charge in [0.25, 0.3) is 0 Å². The summed E-state index contributed by atoms with van der Waals surface area (Å²) in [6, 6.07) is 2.14. The van der Waals surface area contributed by atoms with Gasteiger partial charge in [0.05, 0.1) is 22.1 Å². The number of halogens is 2. The maximum atomic E-state index is 15.3. The number of pyridine rings is 1. The minimum absolute atomic E-state index is 0.0508. The lowest BCUT2D eigenvalue weighted by Gasteiger charge is -2.39. The van der Waals surface area contributed by atoms with Gasteiger partial charge in [-0.25, -0.2) is 19.2 Å². The molecule has 6 rings (SSSR count). The van der Waals surface area contributed by atoms with Crippen molar-refractivity contribution in [3.63, 3.8) is 0 Å². The lowest BCUT2D eigenvalue weighted by atomic mass is 9.79. The van der Waals surface area contributed by atoms with Crippen LogP contribution in [0.1, 0.15) is 65.4 Å². The molecule has 2 bridgehead atoms. The molecule has 3 atom stereocenters. The molecule has 9 heteroatoms. The molecule has 1 aliphatic carbocycles. The van der Waals surface area contributed by atoms with Gasteiger partial charge in [0.2, 0.25) is 0 Å². The number of ether oxygens (including phenoxy) is 1. The summed E-state index contributed by atoms with van der Waals surface area (Å²) in [5, 5.41) is 1.49. The molecule has 35 heavy (non-hydrogen) atoms. The SMILES string of the molecule is CC.CCc1nc2c(SC)nc3c(F)c(Br)c(C)cc3c2n1C1C2CC1N(C(=O)OC(C)(C)C)C2. The highest BCUT2D eigenvalue weighted by atomic mass is 79.9. The van der Waals surface area contributed by atoms with Crippen LogP contribution in [-0.4, -0.2) is 50.0 Å². The second kappa shape index (κ2) is 9.54. The van der Waals surface area contributed by atoms with E-state index in [0.29, 0.717) is 22.5 Å². The summed E-state index contributed by atoms with van der Waals surface area (Å²) >= 11 is 4.85. The molecule has 2 aliphatic heterocycles. The first kappa shape index (κ1) is 26.2. The van der Waals surface area contributed by atoms with Crippen molar-refractivity contribution >= 4 is 55.7 Å². The number of rotatable bonds is 3. The molecular weight excluding hydrogens is 531 g/mol. The van der Waals surface area contributed by atoms with Crippen LogP contribution >= 0.6 is 27.7 Å². The van der Waals surface area contributed by atoms with Crippen molar-refractivity contribution in [1.82, 2.24) is 19.4 Å². The molecule has 190 valence electrons. The molecule has 3 aliphatic rings. The minimum atomic E-state index is -0.534. The number of aryl methyl sites for hydroxylation is 2. The highest BCUT2D eigenvalue weighted by Gasteiger charge is 2.56. The van der Waals surface area contributed by atoms with E-state index in [2.05, 4.69) is 32.4 Å². The predicted molar refractivity (Wildman–Crippen MR) is 144 cm³/mol. The lowest BCUT2D eigenvalue weighted by Crippen LogP contribution is -2.44. The van der Waals surface area contributed by atoms with Gasteiger partial charge in [-0.05, 0) is 67.9 Å². The number of hydrogen-bond acceptors (Lipinski definition) is 5. The number of thioether (sulfide) groups is 1. The van der Waals surface area contributed by atoms with Crippen LogP contribution in [0.25, 0.3) is 21.9 Å². The van der Waals surface area contributed by atoms with Crippen LogP contribution in [0.3, 0.4) is 0 Å². The summed E-state index contributed by atoms with van der Waals surface area (Å²) in [6.45, 7) is 14.3. The second-order valence-electron chi connectivity index (χ2n) is 9.97. The number of carbonyl (C=O) groups is 1. The van der Waals surface area contributed by atoms with Gasteiger partial charge in [-0.2, -0.15) is 0 Å². The first-order valence-corrected chi connectivity index (χ1v) is 14.3. The average molecular weight is 566 g/mol. The minimum Gasteiger partial charge on any atom is -0.444 e.